The van der Waals surface area contributed by atoms with Gasteiger partial charge in [-0.2, -0.15) is 0 Å². The lowest BCUT2D eigenvalue weighted by molar-refractivity contribution is 0.397. The smallest absolute Gasteiger partial charge is 0.133 e. The lowest BCUT2D eigenvalue weighted by atomic mass is 10.1. The van der Waals surface area contributed by atoms with Crippen LogP contribution in [0.5, 0.6) is 11.5 Å². The fraction of sp³-hybridized carbons (Fsp3) is 0.286. The van der Waals surface area contributed by atoms with Crippen molar-refractivity contribution in [1.82, 2.24) is 0 Å². The van der Waals surface area contributed by atoms with Crippen molar-refractivity contribution >= 4 is 50.5 Å². The number of thiophene rings is 1. The molecule has 6 heteroatoms. The summed E-state index contributed by atoms with van der Waals surface area (Å²) in [7, 11) is 3.23. The highest BCUT2D eigenvalue weighted by Crippen LogP contribution is 2.45. The maximum absolute atomic E-state index is 6.59. The van der Waals surface area contributed by atoms with Gasteiger partial charge in [-0.3, -0.25) is 0 Å². The van der Waals surface area contributed by atoms with Crippen LogP contribution in [0.25, 0.3) is 0 Å². The zero-order valence-electron chi connectivity index (χ0n) is 11.2. The average molecular weight is 396 g/mol. The molecular formula is C14H13BrCl2O2S. The maximum Gasteiger partial charge on any atom is 0.133 e. The van der Waals surface area contributed by atoms with E-state index in [1.54, 1.807) is 25.6 Å². The molecule has 0 spiro atoms. The van der Waals surface area contributed by atoms with Crippen molar-refractivity contribution in [3.8, 4) is 11.5 Å². The van der Waals surface area contributed by atoms with Crippen LogP contribution in [0.3, 0.4) is 0 Å². The zero-order valence-corrected chi connectivity index (χ0v) is 15.1. The molecule has 0 amide bonds. The SMILES string of the molecule is COc1cc(C(Cl)c2scc(C)c2Cl)c(OC)cc1Br. The minimum atomic E-state index is -0.377. The molecule has 2 rings (SSSR count). The molecular weight excluding hydrogens is 383 g/mol. The van der Waals surface area contributed by atoms with Crippen LogP contribution in [0, 0.1) is 6.92 Å². The number of halogens is 3. The summed E-state index contributed by atoms with van der Waals surface area (Å²) in [6, 6.07) is 3.71. The summed E-state index contributed by atoms with van der Waals surface area (Å²) in [5, 5.41) is 2.33. The summed E-state index contributed by atoms with van der Waals surface area (Å²) in [4.78, 5) is 0.911. The van der Waals surface area contributed by atoms with Gasteiger partial charge in [-0.05, 0) is 45.9 Å². The molecule has 2 nitrogen and oxygen atoms in total. The monoisotopic (exact) mass is 394 g/mol. The van der Waals surface area contributed by atoms with Gasteiger partial charge in [0.2, 0.25) is 0 Å². The van der Waals surface area contributed by atoms with Gasteiger partial charge in [-0.1, -0.05) is 11.6 Å². The van der Waals surface area contributed by atoms with Gasteiger partial charge in [0.15, 0.2) is 0 Å². The van der Waals surface area contributed by atoms with Crippen molar-refractivity contribution in [3.63, 3.8) is 0 Å². The summed E-state index contributed by atoms with van der Waals surface area (Å²) < 4.78 is 11.5. The van der Waals surface area contributed by atoms with Crippen LogP contribution in [0.1, 0.15) is 21.4 Å². The molecule has 0 aliphatic heterocycles. The van der Waals surface area contributed by atoms with Crippen LogP contribution in [-0.4, -0.2) is 14.2 Å². The zero-order chi connectivity index (χ0) is 14.9. The van der Waals surface area contributed by atoms with Crippen LogP contribution < -0.4 is 9.47 Å². The van der Waals surface area contributed by atoms with Crippen molar-refractivity contribution in [2.24, 2.45) is 0 Å². The van der Waals surface area contributed by atoms with Gasteiger partial charge >= 0.3 is 0 Å². The molecule has 0 aliphatic carbocycles. The standard InChI is InChI=1S/C14H13BrCl2O2S/c1-7-6-20-14(12(7)16)13(17)8-4-11(19-3)9(15)5-10(8)18-2/h4-6,13H,1-3H3. The Morgan fingerprint density at radius 1 is 1.20 bits per heavy atom. The highest BCUT2D eigenvalue weighted by atomic mass is 79.9. The Hall–Kier alpha value is -0.420. The number of alkyl halides is 1. The lowest BCUT2D eigenvalue weighted by Crippen LogP contribution is -1.98. The van der Waals surface area contributed by atoms with Gasteiger partial charge in [0, 0.05) is 10.4 Å². The maximum atomic E-state index is 6.59. The molecule has 0 saturated heterocycles. The number of ether oxygens (including phenoxy) is 2. The van der Waals surface area contributed by atoms with Crippen LogP contribution in [0.2, 0.25) is 5.02 Å². The first-order chi connectivity index (χ1) is 9.49. The van der Waals surface area contributed by atoms with Crippen molar-refractivity contribution in [2.45, 2.75) is 12.3 Å². The lowest BCUT2D eigenvalue weighted by Gasteiger charge is -2.16. The van der Waals surface area contributed by atoms with E-state index in [0.717, 1.165) is 20.5 Å². The number of hydrogen-bond donors (Lipinski definition) is 0. The Bertz CT molecular complexity index is 628. The normalized spacial score (nSPS) is 12.3. The van der Waals surface area contributed by atoms with E-state index in [-0.39, 0.29) is 5.38 Å². The Morgan fingerprint density at radius 2 is 1.85 bits per heavy atom. The predicted octanol–water partition coefficient (Wildman–Crippen LogP) is 5.82. The largest absolute Gasteiger partial charge is 0.496 e. The molecule has 0 N–H and O–H groups in total. The van der Waals surface area contributed by atoms with E-state index < -0.39 is 0 Å². The number of aryl methyl sites for hydroxylation is 1. The Balaban J connectivity index is 2.53. The van der Waals surface area contributed by atoms with E-state index in [0.29, 0.717) is 16.5 Å². The number of rotatable bonds is 4. The molecule has 1 aromatic carbocycles. The minimum absolute atomic E-state index is 0.377. The molecule has 0 fully saturated rings. The van der Waals surface area contributed by atoms with E-state index in [2.05, 4.69) is 15.9 Å². The van der Waals surface area contributed by atoms with Crippen molar-refractivity contribution in [3.05, 3.63) is 43.0 Å². The summed E-state index contributed by atoms with van der Waals surface area (Å²) in [5.41, 5.74) is 1.86. The molecule has 1 atom stereocenters. The molecule has 108 valence electrons. The van der Waals surface area contributed by atoms with Gasteiger partial charge < -0.3 is 9.47 Å². The van der Waals surface area contributed by atoms with Crippen LogP contribution in [0.15, 0.2) is 22.0 Å². The van der Waals surface area contributed by atoms with Gasteiger partial charge in [0.05, 0.1) is 29.1 Å². The third-order valence-electron chi connectivity index (χ3n) is 2.93. The topological polar surface area (TPSA) is 18.5 Å². The van der Waals surface area contributed by atoms with Gasteiger partial charge in [0.25, 0.3) is 0 Å². The fourth-order valence-corrected chi connectivity index (χ4v) is 4.11. The second-order valence-electron chi connectivity index (χ2n) is 4.19. The Kier molecular flexibility index (Phi) is 5.24. The van der Waals surface area contributed by atoms with Crippen molar-refractivity contribution in [2.75, 3.05) is 14.2 Å². The van der Waals surface area contributed by atoms with E-state index in [1.807, 2.05) is 24.4 Å². The second kappa shape index (κ2) is 6.56. The molecule has 0 aliphatic rings. The van der Waals surface area contributed by atoms with Crippen LogP contribution >= 0.6 is 50.5 Å². The van der Waals surface area contributed by atoms with Gasteiger partial charge in [-0.25, -0.2) is 0 Å². The first-order valence-corrected chi connectivity index (χ1v) is 8.27. The molecule has 1 unspecified atom stereocenters. The summed E-state index contributed by atoms with van der Waals surface area (Å²) in [5.74, 6) is 1.40. The Labute approximate surface area is 140 Å². The van der Waals surface area contributed by atoms with E-state index in [9.17, 15) is 0 Å². The molecule has 2 aromatic rings. The second-order valence-corrected chi connectivity index (χ2v) is 6.77. The first-order valence-electron chi connectivity index (χ1n) is 5.78. The average Bonchev–Trinajstić information content (AvgIpc) is 2.78. The number of benzene rings is 1. The molecule has 1 heterocycles. The third kappa shape index (κ3) is 2.93. The van der Waals surface area contributed by atoms with Crippen molar-refractivity contribution < 1.29 is 9.47 Å². The quantitative estimate of drug-likeness (QED) is 0.607. The van der Waals surface area contributed by atoms with Crippen LogP contribution in [0.4, 0.5) is 0 Å². The fourth-order valence-electron chi connectivity index (χ4n) is 1.84. The van der Waals surface area contributed by atoms with Gasteiger partial charge in [-0.15, -0.1) is 22.9 Å². The number of methoxy groups -OCH3 is 2. The van der Waals surface area contributed by atoms with E-state index in [1.165, 1.54) is 0 Å². The molecule has 0 bridgehead atoms. The third-order valence-corrected chi connectivity index (χ3v) is 5.91. The van der Waals surface area contributed by atoms with E-state index in [4.69, 9.17) is 32.7 Å². The molecule has 1 aromatic heterocycles. The van der Waals surface area contributed by atoms with Crippen molar-refractivity contribution in [1.29, 1.82) is 0 Å². The minimum Gasteiger partial charge on any atom is -0.496 e. The summed E-state index contributed by atoms with van der Waals surface area (Å²) in [6.07, 6.45) is 0. The van der Waals surface area contributed by atoms with Crippen LogP contribution in [-0.2, 0) is 0 Å². The Morgan fingerprint density at radius 3 is 2.35 bits per heavy atom. The first kappa shape index (κ1) is 16.0. The van der Waals surface area contributed by atoms with E-state index >= 15 is 0 Å². The molecule has 20 heavy (non-hydrogen) atoms. The van der Waals surface area contributed by atoms with Gasteiger partial charge in [0.1, 0.15) is 11.5 Å². The molecule has 0 saturated carbocycles. The summed E-state index contributed by atoms with van der Waals surface area (Å²) >= 11 is 17.9. The number of hydrogen-bond acceptors (Lipinski definition) is 3. The molecule has 0 radical (unpaired) electrons. The predicted molar refractivity (Wildman–Crippen MR) is 89.0 cm³/mol. The highest BCUT2D eigenvalue weighted by Gasteiger charge is 2.22. The highest BCUT2D eigenvalue weighted by molar-refractivity contribution is 9.10. The summed E-state index contributed by atoms with van der Waals surface area (Å²) in [6.45, 7) is 1.96.